The maximum absolute atomic E-state index is 13.5. The number of hydrogen-bond donors (Lipinski definition) is 2. The fourth-order valence-electron chi connectivity index (χ4n) is 1.48. The molecule has 0 spiro atoms. The van der Waals surface area contributed by atoms with Gasteiger partial charge in [-0.05, 0) is 17.5 Å². The van der Waals surface area contributed by atoms with Crippen molar-refractivity contribution in [2.45, 2.75) is 27.2 Å². The summed E-state index contributed by atoms with van der Waals surface area (Å²) in [4.78, 5) is 22.2. The monoisotopic (exact) mass is 271 g/mol. The van der Waals surface area contributed by atoms with Crippen molar-refractivity contribution in [3.05, 3.63) is 29.3 Å². The zero-order valence-corrected chi connectivity index (χ0v) is 10.9. The van der Waals surface area contributed by atoms with E-state index in [-0.39, 0.29) is 11.8 Å². The Morgan fingerprint density at radius 2 is 1.68 bits per heavy atom. The van der Waals surface area contributed by atoms with Crippen LogP contribution in [0.4, 0.5) is 14.5 Å². The number of anilines is 1. The lowest BCUT2D eigenvalue weighted by molar-refractivity contribution is -0.117. The van der Waals surface area contributed by atoms with Crippen molar-refractivity contribution in [3.8, 4) is 0 Å². The van der Waals surface area contributed by atoms with Gasteiger partial charge in [0.1, 0.15) is 5.69 Å². The molecule has 1 rings (SSSR count). The van der Waals surface area contributed by atoms with Crippen LogP contribution in [-0.4, -0.2) is 17.0 Å². The Kier molecular flexibility index (Phi) is 4.24. The molecular weight excluding hydrogens is 256 g/mol. The molecular formula is C13H15F2NO3. The summed E-state index contributed by atoms with van der Waals surface area (Å²) < 4.78 is 27.1. The SMILES string of the molecule is CC(C)(C)CC(=O)Nc1c(F)cc(C(=O)O)cc1F. The molecule has 104 valence electrons. The zero-order valence-electron chi connectivity index (χ0n) is 10.9. The van der Waals surface area contributed by atoms with Crippen molar-refractivity contribution in [2.24, 2.45) is 5.41 Å². The number of halogens is 2. The first kappa shape index (κ1) is 15.1. The maximum Gasteiger partial charge on any atom is 0.335 e. The van der Waals surface area contributed by atoms with Crippen LogP contribution in [0.2, 0.25) is 0 Å². The smallest absolute Gasteiger partial charge is 0.335 e. The third kappa shape index (κ3) is 4.31. The fraction of sp³-hybridized carbons (Fsp3) is 0.385. The summed E-state index contributed by atoms with van der Waals surface area (Å²) in [6.07, 6.45) is 0.0898. The molecule has 0 aliphatic rings. The van der Waals surface area contributed by atoms with Gasteiger partial charge in [-0.1, -0.05) is 20.8 Å². The molecule has 0 fully saturated rings. The lowest BCUT2D eigenvalue weighted by atomic mass is 9.92. The quantitative estimate of drug-likeness (QED) is 0.888. The number of nitrogens with one attached hydrogen (secondary N) is 1. The number of benzene rings is 1. The number of carbonyl (C=O) groups is 2. The molecule has 0 saturated carbocycles. The molecule has 0 unspecified atom stereocenters. The van der Waals surface area contributed by atoms with E-state index in [0.29, 0.717) is 12.1 Å². The zero-order chi connectivity index (χ0) is 14.8. The minimum atomic E-state index is -1.44. The number of carboxylic acid groups (broad SMARTS) is 1. The highest BCUT2D eigenvalue weighted by Crippen LogP contribution is 2.23. The van der Waals surface area contributed by atoms with Gasteiger partial charge in [-0.15, -0.1) is 0 Å². The van der Waals surface area contributed by atoms with Gasteiger partial charge in [-0.2, -0.15) is 0 Å². The van der Waals surface area contributed by atoms with E-state index in [9.17, 15) is 18.4 Å². The molecule has 1 aromatic carbocycles. The third-order valence-corrected chi connectivity index (χ3v) is 2.24. The standard InChI is InChI=1S/C13H15F2NO3/c1-13(2,3)6-10(17)16-11-8(14)4-7(12(18)19)5-9(11)15/h4-5H,6H2,1-3H3,(H,16,17)(H,18,19). The van der Waals surface area contributed by atoms with Gasteiger partial charge in [0, 0.05) is 6.42 Å². The van der Waals surface area contributed by atoms with Gasteiger partial charge in [-0.3, -0.25) is 4.79 Å². The molecule has 2 N–H and O–H groups in total. The van der Waals surface area contributed by atoms with Gasteiger partial charge in [0.05, 0.1) is 5.56 Å². The third-order valence-electron chi connectivity index (χ3n) is 2.24. The minimum Gasteiger partial charge on any atom is -0.478 e. The maximum atomic E-state index is 13.5. The Morgan fingerprint density at radius 3 is 2.05 bits per heavy atom. The normalized spacial score (nSPS) is 11.2. The van der Waals surface area contributed by atoms with Crippen LogP contribution in [0.1, 0.15) is 37.6 Å². The Hall–Kier alpha value is -1.98. The molecule has 0 aromatic heterocycles. The van der Waals surface area contributed by atoms with Crippen molar-refractivity contribution in [1.82, 2.24) is 0 Å². The van der Waals surface area contributed by atoms with E-state index in [4.69, 9.17) is 5.11 Å². The van der Waals surface area contributed by atoms with Crippen molar-refractivity contribution in [2.75, 3.05) is 5.32 Å². The Balaban J connectivity index is 2.97. The van der Waals surface area contributed by atoms with E-state index < -0.39 is 34.8 Å². The van der Waals surface area contributed by atoms with Crippen LogP contribution in [0.25, 0.3) is 0 Å². The van der Waals surface area contributed by atoms with Gasteiger partial charge in [0.15, 0.2) is 11.6 Å². The van der Waals surface area contributed by atoms with Crippen molar-refractivity contribution in [1.29, 1.82) is 0 Å². The van der Waals surface area contributed by atoms with Crippen LogP contribution < -0.4 is 5.32 Å². The second-order valence-corrected chi connectivity index (χ2v) is 5.41. The highest BCUT2D eigenvalue weighted by molar-refractivity contribution is 5.93. The molecule has 0 heterocycles. The van der Waals surface area contributed by atoms with E-state index in [1.807, 2.05) is 20.8 Å². The average Bonchev–Trinajstić information content (AvgIpc) is 2.20. The topological polar surface area (TPSA) is 66.4 Å². The first-order valence-electron chi connectivity index (χ1n) is 5.62. The second kappa shape index (κ2) is 5.34. The van der Waals surface area contributed by atoms with Gasteiger partial charge in [0.25, 0.3) is 0 Å². The number of carboxylic acids is 1. The van der Waals surface area contributed by atoms with Crippen molar-refractivity contribution < 1.29 is 23.5 Å². The lowest BCUT2D eigenvalue weighted by Gasteiger charge is -2.17. The van der Waals surface area contributed by atoms with Crippen molar-refractivity contribution in [3.63, 3.8) is 0 Å². The molecule has 19 heavy (non-hydrogen) atoms. The molecule has 0 bridgehead atoms. The molecule has 0 aliphatic carbocycles. The first-order valence-corrected chi connectivity index (χ1v) is 5.62. The van der Waals surface area contributed by atoms with Gasteiger partial charge >= 0.3 is 5.97 Å². The van der Waals surface area contributed by atoms with Crippen LogP contribution in [-0.2, 0) is 4.79 Å². The molecule has 0 saturated heterocycles. The molecule has 0 aliphatic heterocycles. The van der Waals surface area contributed by atoms with E-state index >= 15 is 0 Å². The van der Waals surface area contributed by atoms with Gasteiger partial charge in [0.2, 0.25) is 5.91 Å². The number of amides is 1. The van der Waals surface area contributed by atoms with Crippen LogP contribution in [0.5, 0.6) is 0 Å². The fourth-order valence-corrected chi connectivity index (χ4v) is 1.48. The van der Waals surface area contributed by atoms with Crippen LogP contribution >= 0.6 is 0 Å². The largest absolute Gasteiger partial charge is 0.478 e. The predicted octanol–water partition coefficient (Wildman–Crippen LogP) is 3.04. The number of aromatic carboxylic acids is 1. The summed E-state index contributed by atoms with van der Waals surface area (Å²) in [5.74, 6) is -4.20. The Labute approximate surface area is 109 Å². The summed E-state index contributed by atoms with van der Waals surface area (Å²) in [5, 5.41) is 10.8. The summed E-state index contributed by atoms with van der Waals surface area (Å²) in [6, 6.07) is 1.33. The summed E-state index contributed by atoms with van der Waals surface area (Å²) in [7, 11) is 0. The predicted molar refractivity (Wildman–Crippen MR) is 66.0 cm³/mol. The Bertz CT molecular complexity index is 498. The minimum absolute atomic E-state index is 0.0898. The molecule has 6 heteroatoms. The van der Waals surface area contributed by atoms with Crippen LogP contribution in [0, 0.1) is 17.0 Å². The number of rotatable bonds is 3. The highest BCUT2D eigenvalue weighted by Gasteiger charge is 2.20. The first-order chi connectivity index (χ1) is 8.60. The van der Waals surface area contributed by atoms with E-state index in [2.05, 4.69) is 5.32 Å². The van der Waals surface area contributed by atoms with E-state index in [0.717, 1.165) is 0 Å². The van der Waals surface area contributed by atoms with Crippen molar-refractivity contribution >= 4 is 17.6 Å². The highest BCUT2D eigenvalue weighted by atomic mass is 19.1. The summed E-state index contributed by atoms with van der Waals surface area (Å²) in [6.45, 7) is 5.44. The lowest BCUT2D eigenvalue weighted by Crippen LogP contribution is -2.21. The van der Waals surface area contributed by atoms with E-state index in [1.165, 1.54) is 0 Å². The van der Waals surface area contributed by atoms with Crippen LogP contribution in [0.3, 0.4) is 0 Å². The summed E-state index contributed by atoms with van der Waals surface area (Å²) >= 11 is 0. The van der Waals surface area contributed by atoms with E-state index in [1.54, 1.807) is 0 Å². The number of hydrogen-bond acceptors (Lipinski definition) is 2. The molecule has 0 atom stereocenters. The number of carbonyl (C=O) groups excluding carboxylic acids is 1. The Morgan fingerprint density at radius 1 is 1.21 bits per heavy atom. The average molecular weight is 271 g/mol. The second-order valence-electron chi connectivity index (χ2n) is 5.41. The van der Waals surface area contributed by atoms with Gasteiger partial charge in [-0.25, -0.2) is 13.6 Å². The van der Waals surface area contributed by atoms with Gasteiger partial charge < -0.3 is 10.4 Å². The molecule has 4 nitrogen and oxygen atoms in total. The molecule has 1 aromatic rings. The van der Waals surface area contributed by atoms with Crippen LogP contribution in [0.15, 0.2) is 12.1 Å². The molecule has 1 amide bonds. The molecule has 0 radical (unpaired) electrons. The summed E-state index contributed by atoms with van der Waals surface area (Å²) in [5.41, 5.74) is -1.46.